The fraction of sp³-hybridized carbons (Fsp3) is 0.458. The number of hydrogen-bond donors (Lipinski definition) is 0. The highest BCUT2D eigenvalue weighted by molar-refractivity contribution is 7.98. The van der Waals surface area contributed by atoms with Crippen LogP contribution in [0.1, 0.15) is 41.3 Å². The highest BCUT2D eigenvalue weighted by Gasteiger charge is 2.27. The van der Waals surface area contributed by atoms with Crippen LogP contribution in [0.15, 0.2) is 34.2 Å². The number of carbonyl (C=O) groups is 1. The molecule has 2 aliphatic heterocycles. The van der Waals surface area contributed by atoms with Crippen molar-refractivity contribution in [3.63, 3.8) is 0 Å². The lowest BCUT2D eigenvalue weighted by Crippen LogP contribution is -2.34. The summed E-state index contributed by atoms with van der Waals surface area (Å²) in [4.78, 5) is 34.3. The Balaban J connectivity index is 1.54. The Hall–Kier alpha value is -2.16. The molecule has 1 aromatic carbocycles. The number of fused-ring (bicyclic) bond motifs is 3. The average Bonchev–Trinajstić information content (AvgIpc) is 3.41. The Kier molecular flexibility index (Phi) is 6.09. The minimum Gasteiger partial charge on any atom is -0.376 e. The molecule has 0 bridgehead atoms. The van der Waals surface area contributed by atoms with Gasteiger partial charge in [-0.25, -0.2) is 4.98 Å². The number of thioether (sulfide) groups is 1. The van der Waals surface area contributed by atoms with Crippen molar-refractivity contribution in [2.45, 2.75) is 63.2 Å². The molecule has 0 saturated carbocycles. The van der Waals surface area contributed by atoms with Crippen LogP contribution in [0.4, 0.5) is 0 Å². The molecule has 0 radical (unpaired) electrons. The monoisotopic (exact) mass is 469 g/mol. The Morgan fingerprint density at radius 3 is 3.00 bits per heavy atom. The van der Waals surface area contributed by atoms with E-state index in [-0.39, 0.29) is 17.6 Å². The average molecular weight is 470 g/mol. The van der Waals surface area contributed by atoms with Gasteiger partial charge in [-0.05, 0) is 37.3 Å². The van der Waals surface area contributed by atoms with Gasteiger partial charge >= 0.3 is 0 Å². The van der Waals surface area contributed by atoms with E-state index in [1.165, 1.54) is 11.1 Å². The minimum absolute atomic E-state index is 0.0333. The van der Waals surface area contributed by atoms with Crippen LogP contribution in [0.2, 0.25) is 0 Å². The fourth-order valence-electron chi connectivity index (χ4n) is 4.54. The van der Waals surface area contributed by atoms with Gasteiger partial charge in [0.2, 0.25) is 5.91 Å². The Morgan fingerprint density at radius 2 is 2.25 bits per heavy atom. The number of ether oxygens (including phenoxy) is 1. The summed E-state index contributed by atoms with van der Waals surface area (Å²) < 4.78 is 7.69. The van der Waals surface area contributed by atoms with Gasteiger partial charge < -0.3 is 9.64 Å². The van der Waals surface area contributed by atoms with Gasteiger partial charge in [-0.15, -0.1) is 11.3 Å². The Morgan fingerprint density at radius 1 is 1.38 bits per heavy atom. The number of carbonyl (C=O) groups excluding carboxylic acids is 1. The summed E-state index contributed by atoms with van der Waals surface area (Å²) in [5.74, 6) is 0.834. The molecule has 4 heterocycles. The lowest BCUT2D eigenvalue weighted by molar-refractivity contribution is -0.129. The third kappa shape index (κ3) is 4.23. The lowest BCUT2D eigenvalue weighted by atomic mass is 10.1. The van der Waals surface area contributed by atoms with Crippen LogP contribution >= 0.6 is 23.1 Å². The fourth-order valence-corrected chi connectivity index (χ4v) is 6.77. The van der Waals surface area contributed by atoms with Crippen molar-refractivity contribution in [1.29, 1.82) is 0 Å². The molecule has 5 rings (SSSR count). The molecule has 0 N–H and O–H groups in total. The predicted molar refractivity (Wildman–Crippen MR) is 128 cm³/mol. The Labute approximate surface area is 195 Å². The lowest BCUT2D eigenvalue weighted by Gasteiger charge is -2.25. The third-order valence-electron chi connectivity index (χ3n) is 6.23. The summed E-state index contributed by atoms with van der Waals surface area (Å²) in [6, 6.07) is 8.44. The SMILES string of the molecule is CC(=O)N1CCc2c(sc3nc(SCc4cccc(C)c4)n(C[C@@H]4CCCO4)c(=O)c23)C1. The molecule has 3 aromatic rings. The number of amides is 1. The minimum atomic E-state index is 0.0333. The van der Waals surface area contributed by atoms with Crippen molar-refractivity contribution in [3.05, 3.63) is 56.2 Å². The summed E-state index contributed by atoms with van der Waals surface area (Å²) >= 11 is 3.17. The number of hydrogen-bond acceptors (Lipinski definition) is 6. The van der Waals surface area contributed by atoms with Crippen LogP contribution in [-0.2, 0) is 34.8 Å². The molecule has 32 heavy (non-hydrogen) atoms. The highest BCUT2D eigenvalue weighted by Crippen LogP contribution is 2.34. The van der Waals surface area contributed by atoms with Gasteiger partial charge in [-0.2, -0.15) is 0 Å². The number of nitrogens with zero attached hydrogens (tertiary/aromatic N) is 3. The number of benzene rings is 1. The van der Waals surface area contributed by atoms with Crippen molar-refractivity contribution >= 4 is 39.2 Å². The molecular weight excluding hydrogens is 442 g/mol. The van der Waals surface area contributed by atoms with E-state index in [1.54, 1.807) is 30.0 Å². The first-order valence-corrected chi connectivity index (χ1v) is 12.9. The molecule has 168 valence electrons. The largest absolute Gasteiger partial charge is 0.376 e. The zero-order chi connectivity index (χ0) is 22.2. The van der Waals surface area contributed by atoms with Gasteiger partial charge in [0, 0.05) is 30.7 Å². The predicted octanol–water partition coefficient (Wildman–Crippen LogP) is 4.14. The van der Waals surface area contributed by atoms with E-state index in [0.717, 1.165) is 51.0 Å². The molecule has 0 aliphatic carbocycles. The van der Waals surface area contributed by atoms with Crippen LogP contribution in [0.3, 0.4) is 0 Å². The molecule has 0 spiro atoms. The molecule has 1 amide bonds. The van der Waals surface area contributed by atoms with Crippen LogP contribution in [-0.4, -0.2) is 39.6 Å². The van der Waals surface area contributed by atoms with Gasteiger partial charge in [0.05, 0.1) is 24.6 Å². The molecule has 6 nitrogen and oxygen atoms in total. The molecule has 1 saturated heterocycles. The molecule has 2 aliphatic rings. The van der Waals surface area contributed by atoms with Crippen molar-refractivity contribution in [2.75, 3.05) is 13.2 Å². The zero-order valence-electron chi connectivity index (χ0n) is 18.4. The second kappa shape index (κ2) is 9.00. The molecular formula is C24H27N3O3S2. The first-order chi connectivity index (χ1) is 15.5. The van der Waals surface area contributed by atoms with Gasteiger partial charge in [-0.3, -0.25) is 14.2 Å². The molecule has 0 unspecified atom stereocenters. The standard InChI is InChI=1S/C24H27N3O3S2/c1-15-5-3-6-17(11-15)14-31-24-25-22-21(23(29)27(24)12-18-7-4-10-30-18)19-8-9-26(16(2)28)13-20(19)32-22/h3,5-6,11,18H,4,7-10,12-14H2,1-2H3/t18-/m0/s1. The van der Waals surface area contributed by atoms with Gasteiger partial charge in [0.25, 0.3) is 5.56 Å². The maximum atomic E-state index is 13.7. The number of aromatic nitrogens is 2. The second-order valence-corrected chi connectivity index (χ2v) is 10.6. The quantitative estimate of drug-likeness (QED) is 0.415. The zero-order valence-corrected chi connectivity index (χ0v) is 20.1. The summed E-state index contributed by atoms with van der Waals surface area (Å²) in [5.41, 5.74) is 3.56. The molecule has 8 heteroatoms. The van der Waals surface area contributed by atoms with E-state index in [2.05, 4.69) is 31.2 Å². The van der Waals surface area contributed by atoms with Crippen molar-refractivity contribution in [2.24, 2.45) is 0 Å². The number of rotatable bonds is 5. The number of thiophene rings is 1. The number of aryl methyl sites for hydroxylation is 1. The molecule has 2 aromatic heterocycles. The van der Waals surface area contributed by atoms with Crippen LogP contribution < -0.4 is 5.56 Å². The van der Waals surface area contributed by atoms with Crippen molar-refractivity contribution < 1.29 is 9.53 Å². The van der Waals surface area contributed by atoms with Gasteiger partial charge in [-0.1, -0.05) is 41.6 Å². The van der Waals surface area contributed by atoms with E-state index in [0.29, 0.717) is 26.1 Å². The smallest absolute Gasteiger partial charge is 0.263 e. The van der Waals surface area contributed by atoms with Crippen LogP contribution in [0.25, 0.3) is 10.2 Å². The van der Waals surface area contributed by atoms with E-state index in [1.807, 2.05) is 9.47 Å². The van der Waals surface area contributed by atoms with E-state index >= 15 is 0 Å². The maximum Gasteiger partial charge on any atom is 0.263 e. The maximum absolute atomic E-state index is 13.7. The molecule has 1 atom stereocenters. The van der Waals surface area contributed by atoms with Gasteiger partial charge in [0.15, 0.2) is 5.16 Å². The summed E-state index contributed by atoms with van der Waals surface area (Å²) in [7, 11) is 0. The van der Waals surface area contributed by atoms with E-state index in [4.69, 9.17) is 9.72 Å². The Bertz CT molecular complexity index is 1230. The highest BCUT2D eigenvalue weighted by atomic mass is 32.2. The summed E-state index contributed by atoms with van der Waals surface area (Å²) in [6.45, 7) is 6.22. The first kappa shape index (κ1) is 21.7. The van der Waals surface area contributed by atoms with Crippen LogP contribution in [0.5, 0.6) is 0 Å². The first-order valence-electron chi connectivity index (χ1n) is 11.1. The molecule has 1 fully saturated rings. The van der Waals surface area contributed by atoms with E-state index < -0.39 is 0 Å². The van der Waals surface area contributed by atoms with Crippen LogP contribution in [0, 0.1) is 6.92 Å². The van der Waals surface area contributed by atoms with Crippen molar-refractivity contribution in [1.82, 2.24) is 14.5 Å². The summed E-state index contributed by atoms with van der Waals surface area (Å²) in [5, 5.41) is 1.49. The van der Waals surface area contributed by atoms with Crippen molar-refractivity contribution in [3.8, 4) is 0 Å². The van der Waals surface area contributed by atoms with E-state index in [9.17, 15) is 9.59 Å². The normalized spacial score (nSPS) is 18.3. The van der Waals surface area contributed by atoms with Gasteiger partial charge in [0.1, 0.15) is 4.83 Å². The second-order valence-electron chi connectivity index (χ2n) is 8.60. The summed E-state index contributed by atoms with van der Waals surface area (Å²) in [6.07, 6.45) is 2.78. The topological polar surface area (TPSA) is 64.4 Å². The third-order valence-corrected chi connectivity index (χ3v) is 8.39.